The van der Waals surface area contributed by atoms with Gasteiger partial charge < -0.3 is 15.1 Å². The number of rotatable bonds is 7. The van der Waals surface area contributed by atoms with E-state index in [-0.39, 0.29) is 29.7 Å². The number of nitrogens with zero attached hydrogens (tertiary/aromatic N) is 4. The third-order valence-corrected chi connectivity index (χ3v) is 4.19. The van der Waals surface area contributed by atoms with Crippen LogP contribution in [0.1, 0.15) is 37.8 Å². The van der Waals surface area contributed by atoms with Crippen molar-refractivity contribution in [2.75, 3.05) is 13.1 Å². The number of halogens is 1. The Balaban J connectivity index is 0.00000243. The third kappa shape index (κ3) is 5.36. The molecule has 26 heavy (non-hydrogen) atoms. The average molecular weight is 474 g/mol. The Morgan fingerprint density at radius 3 is 3.00 bits per heavy atom. The molecule has 0 saturated heterocycles. The molecule has 3 rings (SSSR count). The normalized spacial score (nSPS) is 13.8. The van der Waals surface area contributed by atoms with Crippen LogP contribution in [0.4, 0.5) is 0 Å². The van der Waals surface area contributed by atoms with Crippen LogP contribution in [-0.4, -0.2) is 33.4 Å². The molecule has 0 fully saturated rings. The molecule has 0 saturated carbocycles. The van der Waals surface area contributed by atoms with Crippen molar-refractivity contribution in [3.05, 3.63) is 40.5 Å². The molecule has 144 valence electrons. The average Bonchev–Trinajstić information content (AvgIpc) is 3.25. The predicted molar refractivity (Wildman–Crippen MR) is 111 cm³/mol. The monoisotopic (exact) mass is 474 g/mol. The SMILES string of the molecule is CCNC(=NCc1ccco1)NCCCn1nc2n(c1=O)CCCC2.I. The fourth-order valence-corrected chi connectivity index (χ4v) is 2.93. The van der Waals surface area contributed by atoms with Gasteiger partial charge >= 0.3 is 5.69 Å². The zero-order valence-corrected chi connectivity index (χ0v) is 17.4. The number of aliphatic imine (C=N–C) groups is 1. The van der Waals surface area contributed by atoms with Gasteiger partial charge in [-0.2, -0.15) is 5.10 Å². The minimum atomic E-state index is 0. The Hall–Kier alpha value is -1.78. The molecule has 1 aliphatic heterocycles. The molecule has 1 aliphatic rings. The Kier molecular flexibility index (Phi) is 8.20. The number of aromatic nitrogens is 3. The van der Waals surface area contributed by atoms with Crippen molar-refractivity contribution in [2.45, 2.75) is 52.2 Å². The molecule has 2 N–H and O–H groups in total. The van der Waals surface area contributed by atoms with E-state index < -0.39 is 0 Å². The summed E-state index contributed by atoms with van der Waals surface area (Å²) in [5.41, 5.74) is 0.0214. The Morgan fingerprint density at radius 1 is 1.38 bits per heavy atom. The molecule has 2 aromatic heterocycles. The first-order chi connectivity index (χ1) is 12.3. The lowest BCUT2D eigenvalue weighted by Crippen LogP contribution is -2.38. The van der Waals surface area contributed by atoms with Crippen molar-refractivity contribution in [3.63, 3.8) is 0 Å². The minimum absolute atomic E-state index is 0. The first-order valence-electron chi connectivity index (χ1n) is 8.99. The van der Waals surface area contributed by atoms with Gasteiger partial charge in [0, 0.05) is 32.6 Å². The van der Waals surface area contributed by atoms with Gasteiger partial charge in [0.25, 0.3) is 0 Å². The summed E-state index contributed by atoms with van der Waals surface area (Å²) in [6.45, 7) is 5.45. The van der Waals surface area contributed by atoms with E-state index in [9.17, 15) is 4.79 Å². The van der Waals surface area contributed by atoms with Crippen LogP contribution in [0, 0.1) is 0 Å². The summed E-state index contributed by atoms with van der Waals surface area (Å²) in [5.74, 6) is 2.50. The van der Waals surface area contributed by atoms with Gasteiger partial charge in [-0.3, -0.25) is 4.57 Å². The van der Waals surface area contributed by atoms with E-state index in [1.54, 1.807) is 10.9 Å². The molecule has 0 aliphatic carbocycles. The highest BCUT2D eigenvalue weighted by molar-refractivity contribution is 14.0. The number of furan rings is 1. The first-order valence-corrected chi connectivity index (χ1v) is 8.99. The predicted octanol–water partition coefficient (Wildman–Crippen LogP) is 1.74. The van der Waals surface area contributed by atoms with Crippen molar-refractivity contribution in [1.82, 2.24) is 25.0 Å². The Labute approximate surface area is 170 Å². The summed E-state index contributed by atoms with van der Waals surface area (Å²) in [6, 6.07) is 3.76. The lowest BCUT2D eigenvalue weighted by Gasteiger charge is -2.10. The van der Waals surface area contributed by atoms with E-state index in [1.165, 1.54) is 0 Å². The quantitative estimate of drug-likeness (QED) is 0.276. The minimum Gasteiger partial charge on any atom is -0.467 e. The molecule has 3 heterocycles. The van der Waals surface area contributed by atoms with Crippen LogP contribution >= 0.6 is 24.0 Å². The molecular weight excluding hydrogens is 447 g/mol. The van der Waals surface area contributed by atoms with Gasteiger partial charge in [0.05, 0.1) is 6.26 Å². The fraction of sp³-hybridized carbons (Fsp3) is 0.588. The molecule has 0 amide bonds. The summed E-state index contributed by atoms with van der Waals surface area (Å²) in [6.07, 6.45) is 5.55. The molecule has 0 spiro atoms. The lowest BCUT2D eigenvalue weighted by atomic mass is 10.2. The number of fused-ring (bicyclic) bond motifs is 1. The van der Waals surface area contributed by atoms with Gasteiger partial charge in [0.2, 0.25) is 0 Å². The second-order valence-electron chi connectivity index (χ2n) is 6.09. The van der Waals surface area contributed by atoms with Gasteiger partial charge in [-0.1, -0.05) is 0 Å². The summed E-state index contributed by atoms with van der Waals surface area (Å²) in [7, 11) is 0. The molecule has 9 heteroatoms. The fourth-order valence-electron chi connectivity index (χ4n) is 2.93. The third-order valence-electron chi connectivity index (χ3n) is 4.19. The number of aryl methyl sites for hydroxylation is 2. The number of nitrogens with one attached hydrogen (secondary N) is 2. The molecule has 0 bridgehead atoms. The van der Waals surface area contributed by atoms with E-state index in [4.69, 9.17) is 4.42 Å². The van der Waals surface area contributed by atoms with Crippen molar-refractivity contribution >= 4 is 29.9 Å². The van der Waals surface area contributed by atoms with Gasteiger partial charge in [-0.25, -0.2) is 14.5 Å². The maximum atomic E-state index is 12.3. The topological polar surface area (TPSA) is 89.4 Å². The Bertz CT molecular complexity index is 750. The standard InChI is InChI=1S/C17H26N6O2.HI/c1-2-18-16(20-13-14-7-5-12-25-14)19-9-6-11-23-17(24)22-10-4-3-8-15(22)21-23;/h5,7,12H,2-4,6,8-11,13H2,1H3,(H2,18,19,20);1H. The van der Waals surface area contributed by atoms with E-state index in [2.05, 4.69) is 20.7 Å². The van der Waals surface area contributed by atoms with Gasteiger partial charge in [0.1, 0.15) is 18.1 Å². The van der Waals surface area contributed by atoms with E-state index >= 15 is 0 Å². The highest BCUT2D eigenvalue weighted by Crippen LogP contribution is 2.09. The first kappa shape index (κ1) is 20.5. The highest BCUT2D eigenvalue weighted by atomic mass is 127. The molecule has 0 aromatic carbocycles. The smallest absolute Gasteiger partial charge is 0.345 e. The second kappa shape index (κ2) is 10.4. The summed E-state index contributed by atoms with van der Waals surface area (Å²) in [4.78, 5) is 16.8. The van der Waals surface area contributed by atoms with Crippen LogP contribution in [0.3, 0.4) is 0 Å². The molecule has 2 aromatic rings. The molecule has 8 nitrogen and oxygen atoms in total. The maximum Gasteiger partial charge on any atom is 0.345 e. The largest absolute Gasteiger partial charge is 0.467 e. The van der Waals surface area contributed by atoms with Crippen molar-refractivity contribution in [3.8, 4) is 0 Å². The summed E-state index contributed by atoms with van der Waals surface area (Å²) >= 11 is 0. The summed E-state index contributed by atoms with van der Waals surface area (Å²) < 4.78 is 8.69. The number of hydrogen-bond acceptors (Lipinski definition) is 4. The van der Waals surface area contributed by atoms with Crippen LogP contribution in [0.25, 0.3) is 0 Å². The lowest BCUT2D eigenvalue weighted by molar-refractivity contribution is 0.508. The molecule has 0 atom stereocenters. The van der Waals surface area contributed by atoms with Gasteiger partial charge in [0.15, 0.2) is 5.96 Å². The zero-order valence-electron chi connectivity index (χ0n) is 15.1. The van der Waals surface area contributed by atoms with Crippen LogP contribution in [0.5, 0.6) is 0 Å². The highest BCUT2D eigenvalue weighted by Gasteiger charge is 2.16. The number of guanidine groups is 1. The summed E-state index contributed by atoms with van der Waals surface area (Å²) in [5, 5.41) is 10.9. The van der Waals surface area contributed by atoms with Crippen LogP contribution in [0.2, 0.25) is 0 Å². The number of hydrogen-bond donors (Lipinski definition) is 2. The zero-order chi connectivity index (χ0) is 17.5. The van der Waals surface area contributed by atoms with E-state index in [0.29, 0.717) is 13.1 Å². The molecule has 0 radical (unpaired) electrons. The second-order valence-corrected chi connectivity index (χ2v) is 6.09. The van der Waals surface area contributed by atoms with Crippen LogP contribution in [0.15, 0.2) is 32.6 Å². The molecular formula is C17H27IN6O2. The van der Waals surface area contributed by atoms with Crippen LogP contribution < -0.4 is 16.3 Å². The van der Waals surface area contributed by atoms with Crippen molar-refractivity contribution in [1.29, 1.82) is 0 Å². The molecule has 0 unspecified atom stereocenters. The van der Waals surface area contributed by atoms with Gasteiger partial charge in [-0.05, 0) is 38.3 Å². The van der Waals surface area contributed by atoms with Crippen molar-refractivity contribution < 1.29 is 4.42 Å². The van der Waals surface area contributed by atoms with Gasteiger partial charge in [-0.15, -0.1) is 24.0 Å². The van der Waals surface area contributed by atoms with E-state index in [1.807, 2.05) is 23.6 Å². The maximum absolute atomic E-state index is 12.3. The van der Waals surface area contributed by atoms with Crippen molar-refractivity contribution in [2.24, 2.45) is 4.99 Å². The van der Waals surface area contributed by atoms with Crippen LogP contribution in [-0.2, 0) is 26.1 Å². The Morgan fingerprint density at radius 2 is 2.27 bits per heavy atom. The van der Waals surface area contributed by atoms with E-state index in [0.717, 1.165) is 62.9 Å².